The molecule has 18 heavy (non-hydrogen) atoms. The van der Waals surface area contributed by atoms with Crippen molar-refractivity contribution in [3.05, 3.63) is 0 Å². The van der Waals surface area contributed by atoms with Crippen LogP contribution in [0.5, 0.6) is 0 Å². The first-order valence-corrected chi connectivity index (χ1v) is 8.09. The Bertz CT molecular complexity index is 384. The van der Waals surface area contributed by atoms with E-state index in [-0.39, 0.29) is 24.5 Å². The minimum absolute atomic E-state index is 0. The van der Waals surface area contributed by atoms with E-state index in [1.165, 1.54) is 6.42 Å². The van der Waals surface area contributed by atoms with Crippen molar-refractivity contribution in [2.24, 2.45) is 5.92 Å². The van der Waals surface area contributed by atoms with Crippen molar-refractivity contribution in [2.75, 3.05) is 19.6 Å². The van der Waals surface area contributed by atoms with Crippen LogP contribution in [-0.4, -0.2) is 44.4 Å². The summed E-state index contributed by atoms with van der Waals surface area (Å²) in [5, 5.41) is 3.25. The zero-order valence-corrected chi connectivity index (χ0v) is 12.1. The monoisotopic (exact) mass is 295 g/mol. The van der Waals surface area contributed by atoms with Gasteiger partial charge in [-0.05, 0) is 51.1 Å². The zero-order chi connectivity index (χ0) is 11.9. The maximum Gasteiger partial charge on any atom is 0.279 e. The fourth-order valence-corrected chi connectivity index (χ4v) is 5.18. The second-order valence-corrected chi connectivity index (χ2v) is 7.20. The summed E-state index contributed by atoms with van der Waals surface area (Å²) in [6.45, 7) is 2.57. The van der Waals surface area contributed by atoms with Crippen LogP contribution in [0.15, 0.2) is 0 Å². The van der Waals surface area contributed by atoms with E-state index in [1.807, 2.05) is 0 Å². The molecule has 3 aliphatic rings. The number of hydrogen-bond donors (Lipinski definition) is 2. The second kappa shape index (κ2) is 5.63. The van der Waals surface area contributed by atoms with Crippen LogP contribution in [0.2, 0.25) is 0 Å². The average molecular weight is 296 g/mol. The van der Waals surface area contributed by atoms with Crippen molar-refractivity contribution in [1.82, 2.24) is 14.3 Å². The van der Waals surface area contributed by atoms with Gasteiger partial charge < -0.3 is 5.32 Å². The quantitative estimate of drug-likeness (QED) is 0.796. The number of rotatable bonds is 3. The highest BCUT2D eigenvalue weighted by Crippen LogP contribution is 2.38. The molecule has 3 fully saturated rings. The second-order valence-electron chi connectivity index (χ2n) is 5.55. The van der Waals surface area contributed by atoms with Crippen LogP contribution in [0.1, 0.15) is 32.1 Å². The molecule has 0 spiro atoms. The molecule has 0 aromatic heterocycles. The number of halogens is 1. The van der Waals surface area contributed by atoms with Crippen molar-refractivity contribution in [2.45, 2.75) is 44.2 Å². The third kappa shape index (κ3) is 2.82. The van der Waals surface area contributed by atoms with Gasteiger partial charge in [0.2, 0.25) is 0 Å². The molecule has 5 nitrogen and oxygen atoms in total. The van der Waals surface area contributed by atoms with Gasteiger partial charge >= 0.3 is 0 Å². The van der Waals surface area contributed by atoms with Gasteiger partial charge in [-0.2, -0.15) is 17.4 Å². The Morgan fingerprint density at radius 2 is 1.83 bits per heavy atom. The average Bonchev–Trinajstić information content (AvgIpc) is 2.91. The van der Waals surface area contributed by atoms with Crippen molar-refractivity contribution in [1.29, 1.82) is 0 Å². The van der Waals surface area contributed by atoms with Gasteiger partial charge in [0.15, 0.2) is 0 Å². The summed E-state index contributed by atoms with van der Waals surface area (Å²) >= 11 is 0. The van der Waals surface area contributed by atoms with E-state index in [4.69, 9.17) is 0 Å². The Hall–Kier alpha value is 0.120. The molecule has 2 atom stereocenters. The lowest BCUT2D eigenvalue weighted by molar-refractivity contribution is 0.320. The number of hydrogen-bond acceptors (Lipinski definition) is 3. The number of nitrogens with one attached hydrogen (secondary N) is 2. The summed E-state index contributed by atoms with van der Waals surface area (Å²) in [4.78, 5) is 0. The van der Waals surface area contributed by atoms with Crippen molar-refractivity contribution in [3.8, 4) is 0 Å². The lowest BCUT2D eigenvalue weighted by atomic mass is 10.1. The van der Waals surface area contributed by atoms with Crippen LogP contribution >= 0.6 is 12.4 Å². The van der Waals surface area contributed by atoms with Crippen LogP contribution in [0.4, 0.5) is 0 Å². The first kappa shape index (κ1) is 14.5. The minimum Gasteiger partial charge on any atom is -0.317 e. The van der Waals surface area contributed by atoms with Crippen molar-refractivity contribution < 1.29 is 8.42 Å². The summed E-state index contributed by atoms with van der Waals surface area (Å²) < 4.78 is 29.2. The molecule has 2 aliphatic heterocycles. The van der Waals surface area contributed by atoms with Crippen LogP contribution in [-0.2, 0) is 10.2 Å². The normalized spacial score (nSPS) is 33.6. The summed E-state index contributed by atoms with van der Waals surface area (Å²) in [7, 11) is -3.23. The molecule has 2 unspecified atom stereocenters. The summed E-state index contributed by atoms with van der Waals surface area (Å²) in [5.41, 5.74) is 0. The van der Waals surface area contributed by atoms with Crippen LogP contribution < -0.4 is 10.0 Å². The molecule has 1 aliphatic carbocycles. The third-order valence-corrected chi connectivity index (χ3v) is 6.02. The Balaban J connectivity index is 0.00000120. The Kier molecular flexibility index (Phi) is 4.54. The molecule has 2 N–H and O–H groups in total. The fraction of sp³-hybridized carbons (Fsp3) is 1.00. The largest absolute Gasteiger partial charge is 0.317 e. The van der Waals surface area contributed by atoms with E-state index in [1.54, 1.807) is 4.31 Å². The number of nitrogens with zero attached hydrogens (tertiary/aromatic N) is 1. The highest BCUT2D eigenvalue weighted by atomic mass is 35.5. The van der Waals surface area contributed by atoms with Gasteiger partial charge in [-0.15, -0.1) is 12.4 Å². The highest BCUT2D eigenvalue weighted by Gasteiger charge is 2.44. The third-order valence-electron chi connectivity index (χ3n) is 4.32. The standard InChI is InChI=1S/C11H21N3O2S.ClH/c15-17(16,13-10-3-5-12-6-4-10)14-8-9-1-2-11(14)7-9;/h9-13H,1-8H2;1H. The molecular formula is C11H22ClN3O2S. The first-order chi connectivity index (χ1) is 8.15. The van der Waals surface area contributed by atoms with Crippen molar-refractivity contribution >= 4 is 22.6 Å². The molecule has 0 aromatic rings. The van der Waals surface area contributed by atoms with Gasteiger partial charge in [0, 0.05) is 18.6 Å². The number of piperidine rings is 2. The molecule has 0 amide bonds. The summed E-state index contributed by atoms with van der Waals surface area (Å²) in [5.74, 6) is 0.615. The molecule has 0 aromatic carbocycles. The Morgan fingerprint density at radius 1 is 1.11 bits per heavy atom. The molecule has 106 valence electrons. The van der Waals surface area contributed by atoms with Crippen molar-refractivity contribution in [3.63, 3.8) is 0 Å². The van der Waals surface area contributed by atoms with Gasteiger partial charge in [-0.3, -0.25) is 0 Å². The molecule has 2 heterocycles. The maximum atomic E-state index is 12.3. The van der Waals surface area contributed by atoms with E-state index in [0.717, 1.165) is 45.3 Å². The highest BCUT2D eigenvalue weighted by molar-refractivity contribution is 7.87. The van der Waals surface area contributed by atoms with E-state index in [2.05, 4.69) is 10.0 Å². The van der Waals surface area contributed by atoms with Gasteiger partial charge in [0.25, 0.3) is 10.2 Å². The Morgan fingerprint density at radius 3 is 2.39 bits per heavy atom. The molecule has 2 saturated heterocycles. The summed E-state index contributed by atoms with van der Waals surface area (Å²) in [6, 6.07) is 0.402. The predicted molar refractivity (Wildman–Crippen MR) is 73.0 cm³/mol. The molecule has 7 heteroatoms. The van der Waals surface area contributed by atoms with Gasteiger partial charge in [-0.25, -0.2) is 0 Å². The summed E-state index contributed by atoms with van der Waals surface area (Å²) in [6.07, 6.45) is 5.15. The molecule has 3 rings (SSSR count). The lowest BCUT2D eigenvalue weighted by Crippen LogP contribution is -2.50. The van der Waals surface area contributed by atoms with Crippen LogP contribution in [0.25, 0.3) is 0 Å². The van der Waals surface area contributed by atoms with E-state index in [9.17, 15) is 8.42 Å². The van der Waals surface area contributed by atoms with Gasteiger partial charge in [0.05, 0.1) is 0 Å². The van der Waals surface area contributed by atoms with E-state index < -0.39 is 10.2 Å². The van der Waals surface area contributed by atoms with Gasteiger partial charge in [-0.1, -0.05) is 0 Å². The first-order valence-electron chi connectivity index (χ1n) is 6.65. The predicted octanol–water partition coefficient (Wildman–Crippen LogP) is 0.479. The van der Waals surface area contributed by atoms with Crippen LogP contribution in [0.3, 0.4) is 0 Å². The topological polar surface area (TPSA) is 61.4 Å². The maximum absolute atomic E-state index is 12.3. The zero-order valence-electron chi connectivity index (χ0n) is 10.5. The molecule has 0 radical (unpaired) electrons. The Labute approximate surface area is 115 Å². The van der Waals surface area contributed by atoms with E-state index >= 15 is 0 Å². The fourth-order valence-electron chi connectivity index (χ4n) is 3.39. The van der Waals surface area contributed by atoms with E-state index in [0.29, 0.717) is 5.92 Å². The minimum atomic E-state index is -3.23. The van der Waals surface area contributed by atoms with Crippen LogP contribution in [0, 0.1) is 5.92 Å². The number of fused-ring (bicyclic) bond motifs is 2. The molecular weight excluding hydrogens is 274 g/mol. The smallest absolute Gasteiger partial charge is 0.279 e. The molecule has 1 saturated carbocycles. The SMILES string of the molecule is Cl.O=S(=O)(NC1CCNCC1)N1CC2CCC1C2. The lowest BCUT2D eigenvalue weighted by Gasteiger charge is -2.30. The molecule has 2 bridgehead atoms. The van der Waals surface area contributed by atoms with Gasteiger partial charge in [0.1, 0.15) is 0 Å².